The fraction of sp³-hybridized carbons (Fsp3) is 0.909. The molecule has 1 atom stereocenters. The number of hydrogen-bond acceptors (Lipinski definition) is 3. The summed E-state index contributed by atoms with van der Waals surface area (Å²) in [5.41, 5.74) is -0.0513. The Morgan fingerprint density at radius 2 is 2.12 bits per heavy atom. The topological polar surface area (TPSA) is 38.3 Å². The lowest BCUT2D eigenvalue weighted by atomic mass is 9.98. The highest BCUT2D eigenvalue weighted by atomic mass is 19.3. The maximum atomic E-state index is 12.9. The number of alkyl halides is 2. The van der Waals surface area contributed by atoms with E-state index in [1.54, 1.807) is 0 Å². The molecule has 0 aromatic heterocycles. The van der Waals surface area contributed by atoms with Gasteiger partial charge in [0.2, 0.25) is 0 Å². The first-order valence-electron chi connectivity index (χ1n) is 5.65. The summed E-state index contributed by atoms with van der Waals surface area (Å²) in [6.07, 6.45) is 1.17. The minimum atomic E-state index is -3.30. The molecule has 0 radical (unpaired) electrons. The van der Waals surface area contributed by atoms with Crippen molar-refractivity contribution in [3.63, 3.8) is 0 Å². The molecule has 2 rings (SSSR count). The van der Waals surface area contributed by atoms with Crippen LogP contribution >= 0.6 is 0 Å². The molecule has 0 aromatic rings. The summed E-state index contributed by atoms with van der Waals surface area (Å²) in [7, 11) is 0. The Bertz CT molecular complexity index is 300. The van der Waals surface area contributed by atoms with Gasteiger partial charge in [-0.1, -0.05) is 0 Å². The van der Waals surface area contributed by atoms with Crippen LogP contribution in [0.1, 0.15) is 33.1 Å². The van der Waals surface area contributed by atoms with Crippen LogP contribution in [0.5, 0.6) is 0 Å². The van der Waals surface area contributed by atoms with Crippen molar-refractivity contribution < 1.29 is 18.3 Å². The van der Waals surface area contributed by atoms with Crippen LogP contribution in [0.4, 0.5) is 8.78 Å². The third-order valence-electron chi connectivity index (χ3n) is 3.44. The molecule has 2 fully saturated rings. The summed E-state index contributed by atoms with van der Waals surface area (Å²) in [5.74, 6) is -4.07. The smallest absolute Gasteiger partial charge is 0.377 e. The molecule has 92 valence electrons. The number of esters is 1. The normalized spacial score (nSPS) is 29.2. The van der Waals surface area contributed by atoms with Gasteiger partial charge in [-0.25, -0.2) is 4.79 Å². The maximum absolute atomic E-state index is 12.9. The molecule has 1 heterocycles. The quantitative estimate of drug-likeness (QED) is 0.751. The summed E-state index contributed by atoms with van der Waals surface area (Å²) < 4.78 is 30.4. The molecule has 1 unspecified atom stereocenters. The largest absolute Gasteiger partial charge is 0.456 e. The van der Waals surface area contributed by atoms with Crippen LogP contribution < -0.4 is 5.32 Å². The van der Waals surface area contributed by atoms with Crippen molar-refractivity contribution >= 4 is 5.97 Å². The van der Waals surface area contributed by atoms with Gasteiger partial charge in [0.1, 0.15) is 6.10 Å². The predicted octanol–water partition coefficient (Wildman–Crippen LogP) is 1.72. The molecular weight excluding hydrogens is 216 g/mol. The van der Waals surface area contributed by atoms with Crippen LogP contribution in [0.15, 0.2) is 0 Å². The molecule has 16 heavy (non-hydrogen) atoms. The zero-order chi connectivity index (χ0) is 12.0. The van der Waals surface area contributed by atoms with Gasteiger partial charge in [-0.3, -0.25) is 0 Å². The summed E-state index contributed by atoms with van der Waals surface area (Å²) in [4.78, 5) is 10.8. The van der Waals surface area contributed by atoms with E-state index >= 15 is 0 Å². The highest BCUT2D eigenvalue weighted by Gasteiger charge is 2.51. The van der Waals surface area contributed by atoms with E-state index < -0.39 is 24.4 Å². The zero-order valence-electron chi connectivity index (χ0n) is 9.56. The van der Waals surface area contributed by atoms with Crippen molar-refractivity contribution in [3.8, 4) is 0 Å². The Balaban J connectivity index is 1.81. The van der Waals surface area contributed by atoms with Crippen LogP contribution in [0.3, 0.4) is 0 Å². The molecule has 1 saturated heterocycles. The van der Waals surface area contributed by atoms with Gasteiger partial charge in [0.05, 0.1) is 6.42 Å². The third kappa shape index (κ3) is 2.34. The van der Waals surface area contributed by atoms with Crippen molar-refractivity contribution in [1.29, 1.82) is 0 Å². The van der Waals surface area contributed by atoms with Gasteiger partial charge in [0, 0.05) is 12.1 Å². The fourth-order valence-corrected chi connectivity index (χ4v) is 2.09. The molecule has 1 aliphatic carbocycles. The second kappa shape index (κ2) is 3.65. The number of carbonyl (C=O) groups excluding carboxylic acids is 1. The molecule has 1 aliphatic heterocycles. The summed E-state index contributed by atoms with van der Waals surface area (Å²) in [6.45, 7) is 4.42. The van der Waals surface area contributed by atoms with Crippen LogP contribution in [-0.2, 0) is 9.53 Å². The van der Waals surface area contributed by atoms with Crippen LogP contribution in [0, 0.1) is 5.92 Å². The summed E-state index contributed by atoms with van der Waals surface area (Å²) >= 11 is 0. The number of hydrogen-bond donors (Lipinski definition) is 1. The van der Waals surface area contributed by atoms with E-state index in [2.05, 4.69) is 23.9 Å². The van der Waals surface area contributed by atoms with Gasteiger partial charge in [-0.2, -0.15) is 8.78 Å². The second-order valence-corrected chi connectivity index (χ2v) is 5.31. The molecule has 3 nitrogen and oxygen atoms in total. The lowest BCUT2D eigenvalue weighted by molar-refractivity contribution is -0.159. The first kappa shape index (κ1) is 11.8. The van der Waals surface area contributed by atoms with Gasteiger partial charge in [0.25, 0.3) is 0 Å². The second-order valence-electron chi connectivity index (χ2n) is 5.31. The van der Waals surface area contributed by atoms with Gasteiger partial charge in [0.15, 0.2) is 0 Å². The number of carbonyl (C=O) groups is 1. The van der Waals surface area contributed by atoms with E-state index in [-0.39, 0.29) is 5.54 Å². The highest BCUT2D eigenvalue weighted by Crippen LogP contribution is 2.39. The van der Waals surface area contributed by atoms with Gasteiger partial charge >= 0.3 is 11.9 Å². The van der Waals surface area contributed by atoms with Crippen LogP contribution in [-0.4, -0.2) is 30.1 Å². The van der Waals surface area contributed by atoms with E-state index in [4.69, 9.17) is 0 Å². The van der Waals surface area contributed by atoms with E-state index in [0.717, 1.165) is 0 Å². The molecule has 1 N–H and O–H groups in total. The molecule has 0 amide bonds. The van der Waals surface area contributed by atoms with E-state index in [9.17, 15) is 13.6 Å². The Hall–Kier alpha value is -0.710. The SMILES string of the molecule is CC(C)(NCC1CC(F)(F)C(=O)O1)C1CC1. The molecule has 0 bridgehead atoms. The average molecular weight is 233 g/mol. The van der Waals surface area contributed by atoms with E-state index in [1.807, 2.05) is 0 Å². The molecule has 2 aliphatic rings. The number of cyclic esters (lactones) is 1. The average Bonchev–Trinajstić information content (AvgIpc) is 2.93. The number of ether oxygens (including phenoxy) is 1. The predicted molar refractivity (Wildman–Crippen MR) is 54.2 cm³/mol. The Labute approximate surface area is 93.5 Å². The van der Waals surface area contributed by atoms with Gasteiger partial charge < -0.3 is 10.1 Å². The fourth-order valence-electron chi connectivity index (χ4n) is 2.09. The Morgan fingerprint density at radius 3 is 2.56 bits per heavy atom. The van der Waals surface area contributed by atoms with E-state index in [0.29, 0.717) is 12.5 Å². The summed E-state index contributed by atoms with van der Waals surface area (Å²) in [6, 6.07) is 0. The van der Waals surface area contributed by atoms with Crippen molar-refractivity contribution in [2.75, 3.05) is 6.54 Å². The highest BCUT2D eigenvalue weighted by molar-refractivity contribution is 5.79. The number of halogens is 2. The van der Waals surface area contributed by atoms with Crippen molar-refractivity contribution in [3.05, 3.63) is 0 Å². The monoisotopic (exact) mass is 233 g/mol. The van der Waals surface area contributed by atoms with Gasteiger partial charge in [-0.15, -0.1) is 0 Å². The molecule has 1 saturated carbocycles. The zero-order valence-corrected chi connectivity index (χ0v) is 9.56. The Morgan fingerprint density at radius 1 is 1.50 bits per heavy atom. The molecule has 0 aromatic carbocycles. The lowest BCUT2D eigenvalue weighted by Crippen LogP contribution is -2.45. The molecule has 5 heteroatoms. The molecule has 0 spiro atoms. The van der Waals surface area contributed by atoms with Crippen LogP contribution in [0.2, 0.25) is 0 Å². The number of nitrogens with one attached hydrogen (secondary N) is 1. The first-order chi connectivity index (χ1) is 7.31. The summed E-state index contributed by atoms with van der Waals surface area (Å²) in [5, 5.41) is 3.21. The minimum Gasteiger partial charge on any atom is -0.456 e. The van der Waals surface area contributed by atoms with Crippen molar-refractivity contribution in [1.82, 2.24) is 5.32 Å². The van der Waals surface area contributed by atoms with Gasteiger partial charge in [-0.05, 0) is 32.6 Å². The molecular formula is C11H17F2NO2. The third-order valence-corrected chi connectivity index (χ3v) is 3.44. The van der Waals surface area contributed by atoms with Crippen molar-refractivity contribution in [2.45, 2.75) is 50.7 Å². The first-order valence-corrected chi connectivity index (χ1v) is 5.65. The standard InChI is InChI=1S/C11H17F2NO2/c1-10(2,7-3-4-7)14-6-8-5-11(12,13)9(15)16-8/h7-8,14H,3-6H2,1-2H3. The minimum absolute atomic E-state index is 0.0513. The van der Waals surface area contributed by atoms with E-state index in [1.165, 1.54) is 12.8 Å². The van der Waals surface area contributed by atoms with Crippen molar-refractivity contribution in [2.24, 2.45) is 5.92 Å². The maximum Gasteiger partial charge on any atom is 0.377 e. The Kier molecular flexibility index (Phi) is 2.69. The van der Waals surface area contributed by atoms with Crippen LogP contribution in [0.25, 0.3) is 0 Å². The number of rotatable bonds is 4. The lowest BCUT2D eigenvalue weighted by Gasteiger charge is -2.27.